The van der Waals surface area contributed by atoms with Crippen LogP contribution in [-0.2, 0) is 4.79 Å². The van der Waals surface area contributed by atoms with Crippen LogP contribution >= 0.6 is 11.8 Å². The first-order valence-corrected chi connectivity index (χ1v) is 12.5. The fourth-order valence-electron chi connectivity index (χ4n) is 5.07. The van der Waals surface area contributed by atoms with Crippen molar-refractivity contribution in [3.05, 3.63) is 88.1 Å². The highest BCUT2D eigenvalue weighted by Crippen LogP contribution is 2.37. The highest BCUT2D eigenvalue weighted by molar-refractivity contribution is 8.19. The second-order valence-electron chi connectivity index (χ2n) is 8.94. The van der Waals surface area contributed by atoms with Crippen molar-refractivity contribution < 1.29 is 9.59 Å². The first-order chi connectivity index (χ1) is 16.0. The third-order valence-corrected chi connectivity index (χ3v) is 7.66. The molecule has 2 fully saturated rings. The van der Waals surface area contributed by atoms with Gasteiger partial charge in [-0.15, -0.1) is 0 Å². The van der Waals surface area contributed by atoms with Gasteiger partial charge in [0, 0.05) is 17.1 Å². The van der Waals surface area contributed by atoms with Gasteiger partial charge in [0.1, 0.15) is 0 Å². The molecule has 2 aliphatic rings. The van der Waals surface area contributed by atoms with Crippen LogP contribution in [-0.4, -0.2) is 15.7 Å². The Bertz CT molecular complexity index is 1220. The van der Waals surface area contributed by atoms with Gasteiger partial charge in [0.15, 0.2) is 0 Å². The normalized spacial score (nSPS) is 18.5. The summed E-state index contributed by atoms with van der Waals surface area (Å²) in [5, 5.41) is -0.260. The molecule has 168 valence electrons. The molecule has 1 aromatic heterocycles. The number of carbonyl (C=O) groups is 2. The van der Waals surface area contributed by atoms with Gasteiger partial charge >= 0.3 is 0 Å². The lowest BCUT2D eigenvalue weighted by atomic mass is 9.84. The molecule has 0 unspecified atom stereocenters. The molecule has 1 aliphatic carbocycles. The van der Waals surface area contributed by atoms with Crippen LogP contribution in [0.15, 0.2) is 65.6 Å². The molecule has 0 N–H and O–H groups in total. The zero-order valence-electron chi connectivity index (χ0n) is 19.1. The maximum absolute atomic E-state index is 13.0. The summed E-state index contributed by atoms with van der Waals surface area (Å²) >= 11 is 0.998. The SMILES string of the molecule is Cc1cc(/C=C2\SC(=O)N(c3ccccc3)C2=O)c(C)n1-c1ccc(C2CCCCC2)cc1. The number of hydrogen-bond donors (Lipinski definition) is 0. The van der Waals surface area contributed by atoms with Crippen LogP contribution in [0, 0.1) is 13.8 Å². The highest BCUT2D eigenvalue weighted by Gasteiger charge is 2.36. The molecular formula is C28H28N2O2S. The van der Waals surface area contributed by atoms with Crippen LogP contribution < -0.4 is 4.90 Å². The smallest absolute Gasteiger partial charge is 0.298 e. The molecule has 2 aromatic carbocycles. The van der Waals surface area contributed by atoms with E-state index in [1.807, 2.05) is 24.3 Å². The number of anilines is 1. The lowest BCUT2D eigenvalue weighted by Crippen LogP contribution is -2.27. The number of hydrogen-bond acceptors (Lipinski definition) is 3. The molecule has 4 nitrogen and oxygen atoms in total. The maximum atomic E-state index is 13.0. The van der Waals surface area contributed by atoms with Gasteiger partial charge in [-0.25, -0.2) is 4.90 Å². The lowest BCUT2D eigenvalue weighted by Gasteiger charge is -2.22. The first kappa shape index (κ1) is 21.8. The first-order valence-electron chi connectivity index (χ1n) is 11.7. The van der Waals surface area contributed by atoms with Gasteiger partial charge in [0.25, 0.3) is 11.1 Å². The van der Waals surface area contributed by atoms with E-state index >= 15 is 0 Å². The lowest BCUT2D eigenvalue weighted by molar-refractivity contribution is -0.113. The van der Waals surface area contributed by atoms with Crippen LogP contribution in [0.25, 0.3) is 11.8 Å². The fraction of sp³-hybridized carbons (Fsp3) is 0.286. The van der Waals surface area contributed by atoms with Crippen molar-refractivity contribution >= 4 is 34.7 Å². The molecule has 3 aromatic rings. The Kier molecular flexibility index (Phi) is 5.98. The summed E-state index contributed by atoms with van der Waals surface area (Å²) in [4.78, 5) is 27.2. The highest BCUT2D eigenvalue weighted by atomic mass is 32.2. The number of para-hydroxylation sites is 1. The van der Waals surface area contributed by atoms with Gasteiger partial charge in [0.05, 0.1) is 10.6 Å². The van der Waals surface area contributed by atoms with Crippen LogP contribution in [0.2, 0.25) is 0 Å². The molecule has 0 spiro atoms. The molecule has 1 saturated heterocycles. The summed E-state index contributed by atoms with van der Waals surface area (Å²) in [5.74, 6) is 0.424. The Morgan fingerprint density at radius 3 is 2.27 bits per heavy atom. The fourth-order valence-corrected chi connectivity index (χ4v) is 5.90. The second kappa shape index (κ2) is 9.06. The van der Waals surface area contributed by atoms with Crippen LogP contribution in [0.1, 0.15) is 60.5 Å². The van der Waals surface area contributed by atoms with E-state index in [9.17, 15) is 9.59 Å². The van der Waals surface area contributed by atoms with Crippen molar-refractivity contribution in [2.75, 3.05) is 4.90 Å². The summed E-state index contributed by atoms with van der Waals surface area (Å²) in [6.45, 7) is 4.14. The topological polar surface area (TPSA) is 42.3 Å². The molecule has 0 bridgehead atoms. The number of nitrogens with zero attached hydrogens (tertiary/aromatic N) is 2. The molecule has 5 heteroatoms. The average Bonchev–Trinajstić information content (AvgIpc) is 3.28. The van der Waals surface area contributed by atoms with Gasteiger partial charge in [-0.05, 0) is 91.9 Å². The van der Waals surface area contributed by atoms with Crippen molar-refractivity contribution in [3.63, 3.8) is 0 Å². The quantitative estimate of drug-likeness (QED) is 0.385. The predicted molar refractivity (Wildman–Crippen MR) is 136 cm³/mol. The molecule has 2 heterocycles. The van der Waals surface area contributed by atoms with E-state index in [0.717, 1.165) is 34.4 Å². The van der Waals surface area contributed by atoms with Crippen molar-refractivity contribution in [3.8, 4) is 5.69 Å². The number of amides is 2. The molecule has 1 aliphatic heterocycles. The third kappa shape index (κ3) is 4.18. The van der Waals surface area contributed by atoms with Gasteiger partial charge in [-0.1, -0.05) is 49.6 Å². The van der Waals surface area contributed by atoms with Crippen LogP contribution in [0.5, 0.6) is 0 Å². The van der Waals surface area contributed by atoms with E-state index in [-0.39, 0.29) is 11.1 Å². The van der Waals surface area contributed by atoms with Gasteiger partial charge in [-0.2, -0.15) is 0 Å². The number of rotatable bonds is 4. The Balaban J connectivity index is 1.42. The summed E-state index contributed by atoms with van der Waals surface area (Å²) in [7, 11) is 0. The number of thioether (sulfide) groups is 1. The summed E-state index contributed by atoms with van der Waals surface area (Å²) in [6.07, 6.45) is 8.47. The van der Waals surface area contributed by atoms with Gasteiger partial charge in [0.2, 0.25) is 0 Å². The number of aromatic nitrogens is 1. The molecule has 2 amide bonds. The van der Waals surface area contributed by atoms with E-state index in [0.29, 0.717) is 16.5 Å². The van der Waals surface area contributed by atoms with E-state index in [1.165, 1.54) is 42.6 Å². The van der Waals surface area contributed by atoms with Crippen molar-refractivity contribution in [1.82, 2.24) is 4.57 Å². The Hall–Kier alpha value is -3.05. The maximum Gasteiger partial charge on any atom is 0.298 e. The Morgan fingerprint density at radius 2 is 1.58 bits per heavy atom. The average molecular weight is 457 g/mol. The van der Waals surface area contributed by atoms with E-state index in [4.69, 9.17) is 0 Å². The van der Waals surface area contributed by atoms with Gasteiger partial charge in [-0.3, -0.25) is 9.59 Å². The largest absolute Gasteiger partial charge is 0.318 e. The minimum Gasteiger partial charge on any atom is -0.318 e. The molecule has 5 rings (SSSR count). The monoisotopic (exact) mass is 456 g/mol. The van der Waals surface area contributed by atoms with E-state index in [1.54, 1.807) is 12.1 Å². The molecule has 0 atom stereocenters. The van der Waals surface area contributed by atoms with E-state index in [2.05, 4.69) is 48.7 Å². The Labute approximate surface area is 199 Å². The number of benzene rings is 2. The number of carbonyl (C=O) groups excluding carboxylic acids is 2. The number of aryl methyl sites for hydroxylation is 1. The van der Waals surface area contributed by atoms with Crippen molar-refractivity contribution in [2.45, 2.75) is 51.9 Å². The number of imide groups is 1. The molecule has 1 saturated carbocycles. The third-order valence-electron chi connectivity index (χ3n) is 6.79. The van der Waals surface area contributed by atoms with Gasteiger partial charge < -0.3 is 4.57 Å². The summed E-state index contributed by atoms with van der Waals surface area (Å²) < 4.78 is 2.22. The molecular weight excluding hydrogens is 428 g/mol. The standard InChI is InChI=1S/C28H28N2O2S/c1-19-17-23(18-26-27(31)30(28(32)33-26)24-11-7-4-8-12-24)20(2)29(19)25-15-13-22(14-16-25)21-9-5-3-6-10-21/h4,7-8,11-18,21H,3,5-6,9-10H2,1-2H3/b26-18-. The minimum atomic E-state index is -0.266. The molecule has 0 radical (unpaired) electrons. The van der Waals surface area contributed by atoms with E-state index < -0.39 is 0 Å². The van der Waals surface area contributed by atoms with Crippen molar-refractivity contribution in [1.29, 1.82) is 0 Å². The zero-order chi connectivity index (χ0) is 22.9. The molecule has 33 heavy (non-hydrogen) atoms. The van der Waals surface area contributed by atoms with Crippen molar-refractivity contribution in [2.24, 2.45) is 0 Å². The minimum absolute atomic E-state index is 0.260. The summed E-state index contributed by atoms with van der Waals surface area (Å²) in [6, 6.07) is 20.1. The predicted octanol–water partition coefficient (Wildman–Crippen LogP) is 7.38. The van der Waals surface area contributed by atoms with Crippen LogP contribution in [0.3, 0.4) is 0 Å². The van der Waals surface area contributed by atoms with Crippen LogP contribution in [0.4, 0.5) is 10.5 Å². The second-order valence-corrected chi connectivity index (χ2v) is 9.93. The summed E-state index contributed by atoms with van der Waals surface area (Å²) in [5.41, 5.74) is 6.29. The zero-order valence-corrected chi connectivity index (χ0v) is 19.9. The Morgan fingerprint density at radius 1 is 0.879 bits per heavy atom.